The SMILES string of the molecule is N#COc1c(Cl)cc(C(=C(Cl)Cl)c2cc(Cl)c(OC#N)c(Cl)c2)cc1Cl. The second-order valence-corrected chi connectivity index (χ2v) is 7.14. The summed E-state index contributed by atoms with van der Waals surface area (Å²) in [6.45, 7) is 0. The van der Waals surface area contributed by atoms with Crippen molar-refractivity contribution in [3.05, 3.63) is 60.0 Å². The molecule has 0 N–H and O–H groups in total. The van der Waals surface area contributed by atoms with Crippen molar-refractivity contribution in [2.24, 2.45) is 0 Å². The van der Waals surface area contributed by atoms with Gasteiger partial charge in [0.1, 0.15) is 4.49 Å². The molecular formula is C16H4Cl6N2O2. The van der Waals surface area contributed by atoms with Crippen LogP contribution in [0.15, 0.2) is 28.8 Å². The standard InChI is InChI=1S/C16H4Cl6N2O2/c17-9-1-7(2-10(18)14(9)25-5-23)13(16(21)22)8-3-11(19)15(26-6-24)12(20)4-8/h1-4H. The van der Waals surface area contributed by atoms with Crippen LogP contribution in [0.5, 0.6) is 11.5 Å². The number of nitriles is 2. The molecule has 0 saturated carbocycles. The van der Waals surface area contributed by atoms with Crippen LogP contribution >= 0.6 is 69.6 Å². The van der Waals surface area contributed by atoms with Gasteiger partial charge in [0.25, 0.3) is 12.5 Å². The number of rotatable bonds is 4. The van der Waals surface area contributed by atoms with E-state index in [4.69, 9.17) is 89.6 Å². The van der Waals surface area contributed by atoms with E-state index in [0.717, 1.165) is 0 Å². The highest BCUT2D eigenvalue weighted by molar-refractivity contribution is 6.59. The molecule has 0 unspecified atom stereocenters. The smallest absolute Gasteiger partial charge is 0.292 e. The van der Waals surface area contributed by atoms with Crippen LogP contribution in [0.25, 0.3) is 5.57 Å². The first-order valence-electron chi connectivity index (χ1n) is 6.46. The molecular weight excluding hydrogens is 465 g/mol. The molecule has 0 aliphatic heterocycles. The first-order valence-corrected chi connectivity index (χ1v) is 8.72. The number of ether oxygens (including phenoxy) is 2. The molecule has 0 radical (unpaired) electrons. The summed E-state index contributed by atoms with van der Waals surface area (Å²) in [6.07, 6.45) is 2.99. The number of nitrogens with zero attached hydrogens (tertiary/aromatic N) is 2. The van der Waals surface area contributed by atoms with Crippen molar-refractivity contribution in [1.82, 2.24) is 0 Å². The zero-order valence-electron chi connectivity index (χ0n) is 12.3. The Morgan fingerprint density at radius 3 is 1.23 bits per heavy atom. The molecule has 0 atom stereocenters. The van der Waals surface area contributed by atoms with Crippen LogP contribution in [0.1, 0.15) is 11.1 Å². The van der Waals surface area contributed by atoms with Crippen molar-refractivity contribution in [3.63, 3.8) is 0 Å². The Kier molecular flexibility index (Phi) is 7.15. The third-order valence-electron chi connectivity index (χ3n) is 3.06. The summed E-state index contributed by atoms with van der Waals surface area (Å²) in [5.74, 6) is -0.00285. The van der Waals surface area contributed by atoms with Gasteiger partial charge in [-0.2, -0.15) is 0 Å². The predicted octanol–water partition coefficient (Wildman–Crippen LogP) is 7.21. The van der Waals surface area contributed by atoms with Gasteiger partial charge >= 0.3 is 0 Å². The van der Waals surface area contributed by atoms with Crippen LogP contribution in [-0.4, -0.2) is 0 Å². The highest BCUT2D eigenvalue weighted by atomic mass is 35.5. The lowest BCUT2D eigenvalue weighted by atomic mass is 9.99. The lowest BCUT2D eigenvalue weighted by Crippen LogP contribution is -1.94. The molecule has 0 aliphatic rings. The minimum absolute atomic E-state index is 0.00142. The molecule has 0 aromatic heterocycles. The fourth-order valence-corrected chi connectivity index (χ4v) is 3.64. The van der Waals surface area contributed by atoms with Gasteiger partial charge in [-0.15, -0.1) is 10.5 Å². The zero-order valence-corrected chi connectivity index (χ0v) is 16.8. The summed E-state index contributed by atoms with van der Waals surface area (Å²) in [6, 6.07) is 5.84. The van der Waals surface area contributed by atoms with Crippen molar-refractivity contribution in [1.29, 1.82) is 10.5 Å². The van der Waals surface area contributed by atoms with Gasteiger partial charge in [-0.1, -0.05) is 69.6 Å². The van der Waals surface area contributed by atoms with E-state index in [-0.39, 0.29) is 36.1 Å². The average Bonchev–Trinajstić information content (AvgIpc) is 2.54. The molecule has 4 nitrogen and oxygen atoms in total. The zero-order chi connectivity index (χ0) is 19.4. The third kappa shape index (κ3) is 4.42. The second kappa shape index (κ2) is 8.93. The molecule has 2 aromatic rings. The van der Waals surface area contributed by atoms with Gasteiger partial charge in [-0.3, -0.25) is 0 Å². The normalized spacial score (nSPS) is 9.85. The Balaban J connectivity index is 2.65. The van der Waals surface area contributed by atoms with E-state index in [1.54, 1.807) is 0 Å². The summed E-state index contributed by atoms with van der Waals surface area (Å²) >= 11 is 36.5. The fraction of sp³-hybridized carbons (Fsp3) is 0. The molecule has 2 aromatic carbocycles. The van der Waals surface area contributed by atoms with E-state index in [9.17, 15) is 0 Å². The first kappa shape index (κ1) is 20.8. The lowest BCUT2D eigenvalue weighted by molar-refractivity contribution is 0.507. The number of benzene rings is 2. The predicted molar refractivity (Wildman–Crippen MR) is 103 cm³/mol. The summed E-state index contributed by atoms with van der Waals surface area (Å²) in [5, 5.41) is 17.6. The largest absolute Gasteiger partial charge is 0.385 e. The minimum atomic E-state index is -0.118. The molecule has 10 heteroatoms. The fourth-order valence-electron chi connectivity index (χ4n) is 2.08. The molecule has 0 bridgehead atoms. The maximum absolute atomic E-state index is 8.64. The van der Waals surface area contributed by atoms with Gasteiger partial charge in [-0.05, 0) is 35.4 Å². The Labute approximate surface area is 178 Å². The van der Waals surface area contributed by atoms with Gasteiger partial charge in [0.15, 0.2) is 11.5 Å². The van der Waals surface area contributed by atoms with Crippen LogP contribution in [0, 0.1) is 23.0 Å². The molecule has 2 rings (SSSR count). The van der Waals surface area contributed by atoms with E-state index in [1.165, 1.54) is 36.8 Å². The van der Waals surface area contributed by atoms with Gasteiger partial charge in [0, 0.05) is 5.57 Å². The Bertz CT molecular complexity index is 868. The maximum Gasteiger partial charge on any atom is 0.292 e. The van der Waals surface area contributed by atoms with Crippen LogP contribution in [0.4, 0.5) is 0 Å². The Morgan fingerprint density at radius 1 is 0.692 bits per heavy atom. The highest BCUT2D eigenvalue weighted by Crippen LogP contribution is 2.42. The van der Waals surface area contributed by atoms with Gasteiger partial charge in [-0.25, -0.2) is 0 Å². The van der Waals surface area contributed by atoms with Crippen LogP contribution in [-0.2, 0) is 0 Å². The number of hydrogen-bond donors (Lipinski definition) is 0. The van der Waals surface area contributed by atoms with Gasteiger partial charge in [0.2, 0.25) is 0 Å². The molecule has 0 heterocycles. The van der Waals surface area contributed by atoms with Gasteiger partial charge < -0.3 is 9.47 Å². The van der Waals surface area contributed by atoms with Crippen LogP contribution in [0.2, 0.25) is 20.1 Å². The van der Waals surface area contributed by atoms with Crippen molar-refractivity contribution in [2.45, 2.75) is 0 Å². The topological polar surface area (TPSA) is 66.0 Å². The summed E-state index contributed by atoms with van der Waals surface area (Å²) < 4.78 is 9.32. The number of halogens is 6. The second-order valence-electron chi connectivity index (χ2n) is 4.56. The molecule has 0 fully saturated rings. The van der Waals surface area contributed by atoms with Crippen molar-refractivity contribution in [3.8, 4) is 24.0 Å². The average molecular weight is 469 g/mol. The van der Waals surface area contributed by atoms with E-state index < -0.39 is 0 Å². The van der Waals surface area contributed by atoms with E-state index >= 15 is 0 Å². The summed E-state index contributed by atoms with van der Waals surface area (Å²) in [4.78, 5) is 0. The quantitative estimate of drug-likeness (QED) is 0.444. The summed E-state index contributed by atoms with van der Waals surface area (Å²) in [7, 11) is 0. The van der Waals surface area contributed by atoms with Crippen molar-refractivity contribution >= 4 is 75.2 Å². The van der Waals surface area contributed by atoms with E-state index in [1.807, 2.05) is 0 Å². The summed E-state index contributed by atoms with van der Waals surface area (Å²) in [5.41, 5.74) is 1.16. The van der Waals surface area contributed by atoms with Crippen LogP contribution < -0.4 is 9.47 Å². The van der Waals surface area contributed by atoms with Crippen molar-refractivity contribution in [2.75, 3.05) is 0 Å². The molecule has 0 spiro atoms. The van der Waals surface area contributed by atoms with Crippen molar-refractivity contribution < 1.29 is 9.47 Å². The van der Waals surface area contributed by atoms with E-state index in [0.29, 0.717) is 16.7 Å². The van der Waals surface area contributed by atoms with Gasteiger partial charge in [0.05, 0.1) is 20.1 Å². The molecule has 0 amide bonds. The molecule has 132 valence electrons. The molecule has 0 saturated heterocycles. The number of hydrogen-bond acceptors (Lipinski definition) is 4. The van der Waals surface area contributed by atoms with E-state index in [2.05, 4.69) is 0 Å². The highest BCUT2D eigenvalue weighted by Gasteiger charge is 2.19. The Morgan fingerprint density at radius 2 is 1.00 bits per heavy atom. The molecule has 0 aliphatic carbocycles. The lowest BCUT2D eigenvalue weighted by Gasteiger charge is -2.13. The van der Waals surface area contributed by atoms with Crippen LogP contribution in [0.3, 0.4) is 0 Å². The minimum Gasteiger partial charge on any atom is -0.385 e. The third-order valence-corrected chi connectivity index (χ3v) is 4.56. The monoisotopic (exact) mass is 466 g/mol. The maximum atomic E-state index is 8.64. The Hall–Kier alpha value is -1.50. The molecule has 26 heavy (non-hydrogen) atoms. The first-order chi connectivity index (χ1) is 12.3.